The third kappa shape index (κ3) is 3.13. The van der Waals surface area contributed by atoms with Crippen molar-refractivity contribution >= 4 is 17.3 Å². The zero-order chi connectivity index (χ0) is 16.8. The predicted molar refractivity (Wildman–Crippen MR) is 95.4 cm³/mol. The summed E-state index contributed by atoms with van der Waals surface area (Å²) in [5, 5.41) is 0.648. The van der Waals surface area contributed by atoms with Gasteiger partial charge in [-0.05, 0) is 29.8 Å². The lowest BCUT2D eigenvalue weighted by atomic mass is 9.94. The number of benzene rings is 2. The van der Waals surface area contributed by atoms with Crippen LogP contribution in [0.5, 0.6) is 0 Å². The standard InChI is InChI=1S/C20H17ClFN2.HI/c1-23-10-13-11-24(2)20(16-5-3-4-6-19(16)22)17-9-14(21)7-8-15(17)18(13)12-23;/h3-10,12H,11H2,1-2H3;1H/q+1;/p-1. The molecule has 2 aromatic carbocycles. The minimum atomic E-state index is -0.225. The molecule has 0 amide bonds. The Hall–Kier alpha value is -1.66. The SMILES string of the molecule is Cn1cc2c(c1)-c1ccc(Cl)cc1C(c1ccccc1F)=[N+](C)C2.[I-]. The van der Waals surface area contributed by atoms with Gasteiger partial charge in [0.15, 0.2) is 6.54 Å². The summed E-state index contributed by atoms with van der Waals surface area (Å²) in [4.78, 5) is 0. The second-order valence-electron chi connectivity index (χ2n) is 6.24. The highest BCUT2D eigenvalue weighted by Crippen LogP contribution is 2.34. The topological polar surface area (TPSA) is 7.94 Å². The molecule has 2 heterocycles. The third-order valence-corrected chi connectivity index (χ3v) is 4.72. The molecule has 0 aliphatic carbocycles. The second-order valence-corrected chi connectivity index (χ2v) is 6.67. The van der Waals surface area contributed by atoms with E-state index in [1.807, 2.05) is 44.4 Å². The van der Waals surface area contributed by atoms with E-state index in [0.717, 1.165) is 16.8 Å². The van der Waals surface area contributed by atoms with E-state index in [1.54, 1.807) is 6.07 Å². The summed E-state index contributed by atoms with van der Waals surface area (Å²) >= 11 is 6.27. The molecule has 4 rings (SSSR count). The lowest BCUT2D eigenvalue weighted by Crippen LogP contribution is -3.00. The molecular weight excluding hydrogens is 450 g/mol. The molecule has 128 valence electrons. The van der Waals surface area contributed by atoms with Crippen molar-refractivity contribution in [1.82, 2.24) is 4.57 Å². The van der Waals surface area contributed by atoms with E-state index in [2.05, 4.69) is 21.5 Å². The summed E-state index contributed by atoms with van der Waals surface area (Å²) in [6, 6.07) is 12.7. The van der Waals surface area contributed by atoms with Crippen LogP contribution in [-0.4, -0.2) is 21.9 Å². The molecule has 0 saturated heterocycles. The molecule has 3 aromatic rings. The van der Waals surface area contributed by atoms with Crippen LogP contribution in [0, 0.1) is 5.82 Å². The van der Waals surface area contributed by atoms with Gasteiger partial charge in [0.05, 0.1) is 11.1 Å². The average molecular weight is 467 g/mol. The molecule has 0 N–H and O–H groups in total. The lowest BCUT2D eigenvalue weighted by Gasteiger charge is -2.10. The smallest absolute Gasteiger partial charge is 0.218 e. The van der Waals surface area contributed by atoms with Crippen molar-refractivity contribution in [3.8, 4) is 11.1 Å². The van der Waals surface area contributed by atoms with Gasteiger partial charge in [0.2, 0.25) is 5.71 Å². The fourth-order valence-corrected chi connectivity index (χ4v) is 3.67. The number of aromatic nitrogens is 1. The first kappa shape index (κ1) is 18.1. The van der Waals surface area contributed by atoms with Crippen LogP contribution in [0.3, 0.4) is 0 Å². The summed E-state index contributed by atoms with van der Waals surface area (Å²) in [7, 11) is 4.01. The van der Waals surface area contributed by atoms with Crippen molar-refractivity contribution in [1.29, 1.82) is 0 Å². The number of aryl methyl sites for hydroxylation is 1. The molecule has 0 radical (unpaired) electrons. The van der Waals surface area contributed by atoms with Crippen LogP contribution in [0.25, 0.3) is 11.1 Å². The van der Waals surface area contributed by atoms with Crippen LogP contribution >= 0.6 is 11.6 Å². The van der Waals surface area contributed by atoms with Gasteiger partial charge in [0.1, 0.15) is 12.9 Å². The molecule has 0 saturated carbocycles. The lowest BCUT2D eigenvalue weighted by molar-refractivity contribution is -0.512. The van der Waals surface area contributed by atoms with Gasteiger partial charge in [-0.3, -0.25) is 0 Å². The van der Waals surface area contributed by atoms with E-state index in [0.29, 0.717) is 17.1 Å². The first-order valence-electron chi connectivity index (χ1n) is 7.82. The first-order valence-corrected chi connectivity index (χ1v) is 8.20. The van der Waals surface area contributed by atoms with Gasteiger partial charge in [-0.15, -0.1) is 0 Å². The first-order chi connectivity index (χ1) is 11.5. The Labute approximate surface area is 168 Å². The van der Waals surface area contributed by atoms with Gasteiger partial charge in [-0.25, -0.2) is 8.97 Å². The van der Waals surface area contributed by atoms with Crippen LogP contribution in [-0.2, 0) is 13.6 Å². The molecule has 1 aliphatic heterocycles. The number of rotatable bonds is 1. The summed E-state index contributed by atoms with van der Waals surface area (Å²) in [5.74, 6) is -0.225. The van der Waals surface area contributed by atoms with Gasteiger partial charge >= 0.3 is 0 Å². The highest BCUT2D eigenvalue weighted by molar-refractivity contribution is 6.31. The largest absolute Gasteiger partial charge is 1.00 e. The van der Waals surface area contributed by atoms with Crippen molar-refractivity contribution in [3.63, 3.8) is 0 Å². The van der Waals surface area contributed by atoms with Gasteiger partial charge in [-0.1, -0.05) is 29.8 Å². The molecule has 0 unspecified atom stereocenters. The molecule has 1 aromatic heterocycles. The number of hydrogen-bond donors (Lipinski definition) is 0. The fourth-order valence-electron chi connectivity index (χ4n) is 3.50. The quantitative estimate of drug-likeness (QED) is 0.379. The zero-order valence-electron chi connectivity index (χ0n) is 13.9. The Bertz CT molecular complexity index is 991. The van der Waals surface area contributed by atoms with Gasteiger partial charge in [0.25, 0.3) is 0 Å². The van der Waals surface area contributed by atoms with Gasteiger partial charge < -0.3 is 28.5 Å². The zero-order valence-corrected chi connectivity index (χ0v) is 16.8. The summed E-state index contributed by atoms with van der Waals surface area (Å²) < 4.78 is 18.7. The highest BCUT2D eigenvalue weighted by atomic mass is 127. The Morgan fingerprint density at radius 3 is 2.52 bits per heavy atom. The van der Waals surface area contributed by atoms with E-state index in [4.69, 9.17) is 11.6 Å². The predicted octanol–water partition coefficient (Wildman–Crippen LogP) is 1.48. The maximum absolute atomic E-state index is 14.5. The van der Waals surface area contributed by atoms with Gasteiger partial charge in [0, 0.05) is 35.6 Å². The minimum Gasteiger partial charge on any atom is -1.00 e. The molecule has 2 nitrogen and oxygen atoms in total. The molecule has 0 bridgehead atoms. The van der Waals surface area contributed by atoms with Crippen molar-refractivity contribution in [2.75, 3.05) is 7.05 Å². The van der Waals surface area contributed by atoms with E-state index < -0.39 is 0 Å². The number of nitrogens with zero attached hydrogens (tertiary/aromatic N) is 2. The number of hydrogen-bond acceptors (Lipinski definition) is 0. The molecule has 1 aliphatic rings. The van der Waals surface area contributed by atoms with Crippen molar-refractivity contribution in [3.05, 3.63) is 82.4 Å². The van der Waals surface area contributed by atoms with Crippen LogP contribution in [0.15, 0.2) is 54.9 Å². The molecular formula is C20H17ClFIN2. The fraction of sp³-hybridized carbons (Fsp3) is 0.150. The Morgan fingerprint density at radius 1 is 1.00 bits per heavy atom. The maximum Gasteiger partial charge on any atom is 0.218 e. The van der Waals surface area contributed by atoms with E-state index >= 15 is 0 Å². The Morgan fingerprint density at radius 2 is 1.76 bits per heavy atom. The van der Waals surface area contributed by atoms with E-state index in [9.17, 15) is 4.39 Å². The van der Waals surface area contributed by atoms with Crippen LogP contribution in [0.1, 0.15) is 16.7 Å². The molecule has 5 heteroatoms. The summed E-state index contributed by atoms with van der Waals surface area (Å²) in [6.45, 7) is 0.714. The molecule has 25 heavy (non-hydrogen) atoms. The number of fused-ring (bicyclic) bond motifs is 3. The number of halogens is 3. The van der Waals surface area contributed by atoms with Crippen LogP contribution in [0.2, 0.25) is 5.02 Å². The van der Waals surface area contributed by atoms with E-state index in [1.165, 1.54) is 17.2 Å². The third-order valence-electron chi connectivity index (χ3n) is 4.48. The highest BCUT2D eigenvalue weighted by Gasteiger charge is 2.29. The summed E-state index contributed by atoms with van der Waals surface area (Å²) in [5.41, 5.74) is 5.89. The van der Waals surface area contributed by atoms with Crippen LogP contribution in [0.4, 0.5) is 4.39 Å². The van der Waals surface area contributed by atoms with Crippen molar-refractivity contribution < 1.29 is 32.9 Å². The maximum atomic E-state index is 14.5. The summed E-state index contributed by atoms with van der Waals surface area (Å²) in [6.07, 6.45) is 4.23. The van der Waals surface area contributed by atoms with E-state index in [-0.39, 0.29) is 29.8 Å². The molecule has 0 atom stereocenters. The Kier molecular flexibility index (Phi) is 5.02. The van der Waals surface area contributed by atoms with Gasteiger partial charge in [-0.2, -0.15) is 0 Å². The molecule has 0 fully saturated rings. The normalized spacial score (nSPS) is 13.0. The minimum absolute atomic E-state index is 0. The molecule has 0 spiro atoms. The van der Waals surface area contributed by atoms with Crippen LogP contribution < -0.4 is 24.0 Å². The Balaban J connectivity index is 0.00000182. The van der Waals surface area contributed by atoms with Crippen molar-refractivity contribution in [2.45, 2.75) is 6.54 Å². The van der Waals surface area contributed by atoms with Crippen molar-refractivity contribution in [2.24, 2.45) is 7.05 Å². The monoisotopic (exact) mass is 466 g/mol. The average Bonchev–Trinajstić information content (AvgIpc) is 2.85. The second kappa shape index (κ2) is 6.92.